The van der Waals surface area contributed by atoms with E-state index < -0.39 is 40.1 Å². The van der Waals surface area contributed by atoms with Gasteiger partial charge >= 0.3 is 6.18 Å². The second-order valence-electron chi connectivity index (χ2n) is 7.08. The number of hydrogen-bond acceptors (Lipinski definition) is 4. The van der Waals surface area contributed by atoms with Gasteiger partial charge in [-0.05, 0) is 29.8 Å². The van der Waals surface area contributed by atoms with Gasteiger partial charge in [-0.2, -0.15) is 18.3 Å². The maximum atomic E-state index is 13.6. The summed E-state index contributed by atoms with van der Waals surface area (Å²) in [5.74, 6) is 0. The van der Waals surface area contributed by atoms with Gasteiger partial charge in [0.05, 0.1) is 29.2 Å². The maximum Gasteiger partial charge on any atom is 0.416 e. The van der Waals surface area contributed by atoms with Gasteiger partial charge in [0, 0.05) is 18.4 Å². The minimum absolute atomic E-state index is 0.120. The van der Waals surface area contributed by atoms with Gasteiger partial charge in [-0.1, -0.05) is 18.2 Å². The standard InChI is InChI=1S/C19H19F5N4O2S/c1-31(29,30)27-15-3-2-4-16-14(15)10-26-28(16)18(11-25,9-17(20)21)12-5-7-13(8-6-12)19(22,23)24/h2-8,10,17,27H,9,11,25H2,1H3. The quantitative estimate of drug-likeness (QED) is 0.523. The lowest BCUT2D eigenvalue weighted by atomic mass is 9.86. The van der Waals surface area contributed by atoms with E-state index in [2.05, 4.69) is 9.82 Å². The molecule has 0 fully saturated rings. The predicted molar refractivity (Wildman–Crippen MR) is 106 cm³/mol. The Kier molecular flexibility index (Phi) is 5.98. The Morgan fingerprint density at radius 3 is 2.23 bits per heavy atom. The first-order valence-electron chi connectivity index (χ1n) is 8.98. The van der Waals surface area contributed by atoms with E-state index in [1.165, 1.54) is 29.1 Å². The number of aromatic nitrogens is 2. The van der Waals surface area contributed by atoms with Crippen molar-refractivity contribution in [3.63, 3.8) is 0 Å². The van der Waals surface area contributed by atoms with E-state index in [-0.39, 0.29) is 17.8 Å². The number of nitrogens with two attached hydrogens (primary N) is 1. The number of benzene rings is 2. The molecule has 1 unspecified atom stereocenters. The fourth-order valence-electron chi connectivity index (χ4n) is 3.52. The molecule has 0 spiro atoms. The Balaban J connectivity index is 2.22. The fourth-order valence-corrected chi connectivity index (χ4v) is 4.10. The molecule has 168 valence electrons. The van der Waals surface area contributed by atoms with Crippen molar-refractivity contribution in [2.45, 2.75) is 24.6 Å². The number of alkyl halides is 5. The van der Waals surface area contributed by atoms with E-state index in [0.29, 0.717) is 10.9 Å². The van der Waals surface area contributed by atoms with E-state index in [1.807, 2.05) is 0 Å². The van der Waals surface area contributed by atoms with Gasteiger partial charge in [-0.3, -0.25) is 9.40 Å². The number of hydrogen-bond donors (Lipinski definition) is 2. The first-order valence-corrected chi connectivity index (χ1v) is 10.9. The van der Waals surface area contributed by atoms with Crippen molar-refractivity contribution in [1.82, 2.24) is 9.78 Å². The summed E-state index contributed by atoms with van der Waals surface area (Å²) in [6, 6.07) is 8.32. The van der Waals surface area contributed by atoms with E-state index >= 15 is 0 Å². The van der Waals surface area contributed by atoms with Crippen LogP contribution in [-0.4, -0.2) is 37.4 Å². The van der Waals surface area contributed by atoms with Gasteiger partial charge in [0.2, 0.25) is 16.4 Å². The molecule has 0 saturated heterocycles. The molecule has 3 N–H and O–H groups in total. The summed E-state index contributed by atoms with van der Waals surface area (Å²) in [5, 5.41) is 4.50. The average molecular weight is 462 g/mol. The van der Waals surface area contributed by atoms with Crippen LogP contribution in [-0.2, 0) is 21.7 Å². The molecule has 2 aromatic carbocycles. The smallest absolute Gasteiger partial charge is 0.328 e. The Morgan fingerprint density at radius 1 is 1.10 bits per heavy atom. The van der Waals surface area contributed by atoms with Gasteiger partial charge in [0.15, 0.2) is 0 Å². The third-order valence-corrected chi connectivity index (χ3v) is 5.48. The molecule has 31 heavy (non-hydrogen) atoms. The summed E-state index contributed by atoms with van der Waals surface area (Å²) in [6.07, 6.45) is -5.99. The molecule has 6 nitrogen and oxygen atoms in total. The summed E-state index contributed by atoms with van der Waals surface area (Å²) in [7, 11) is -3.63. The first kappa shape index (κ1) is 22.9. The minimum Gasteiger partial charge on any atom is -0.328 e. The van der Waals surface area contributed by atoms with Gasteiger partial charge in [0.25, 0.3) is 0 Å². The lowest BCUT2D eigenvalue weighted by molar-refractivity contribution is -0.137. The molecule has 0 radical (unpaired) electrons. The zero-order chi connectivity index (χ0) is 23.0. The summed E-state index contributed by atoms with van der Waals surface area (Å²) >= 11 is 0. The van der Waals surface area contributed by atoms with Crippen LogP contribution in [0.25, 0.3) is 10.9 Å². The highest BCUT2D eigenvalue weighted by atomic mass is 32.2. The van der Waals surface area contributed by atoms with Gasteiger partial charge < -0.3 is 5.73 Å². The number of halogens is 5. The van der Waals surface area contributed by atoms with Gasteiger partial charge in [-0.25, -0.2) is 17.2 Å². The molecule has 3 rings (SSSR count). The molecule has 0 aliphatic heterocycles. The van der Waals surface area contributed by atoms with E-state index in [4.69, 9.17) is 5.73 Å². The third kappa shape index (κ3) is 4.64. The molecular weight excluding hydrogens is 443 g/mol. The summed E-state index contributed by atoms with van der Waals surface area (Å²) in [5.41, 5.74) is 3.91. The highest BCUT2D eigenvalue weighted by Gasteiger charge is 2.39. The SMILES string of the molecule is CS(=O)(=O)Nc1cccc2c1cnn2C(CN)(CC(F)F)c1ccc(C(F)(F)F)cc1. The van der Waals surface area contributed by atoms with Crippen molar-refractivity contribution in [2.24, 2.45) is 5.73 Å². The number of nitrogens with one attached hydrogen (secondary N) is 1. The average Bonchev–Trinajstić information content (AvgIpc) is 3.10. The second-order valence-corrected chi connectivity index (χ2v) is 8.82. The number of sulfonamides is 1. The summed E-state index contributed by atoms with van der Waals surface area (Å²) < 4.78 is 92.9. The van der Waals surface area contributed by atoms with E-state index in [9.17, 15) is 30.4 Å². The zero-order valence-electron chi connectivity index (χ0n) is 16.2. The molecular formula is C19H19F5N4O2S. The molecule has 1 aromatic heterocycles. The molecule has 0 bridgehead atoms. The maximum absolute atomic E-state index is 13.6. The highest BCUT2D eigenvalue weighted by Crippen LogP contribution is 2.37. The van der Waals surface area contributed by atoms with Crippen molar-refractivity contribution in [1.29, 1.82) is 0 Å². The van der Waals surface area contributed by atoms with Crippen LogP contribution in [0.4, 0.5) is 27.6 Å². The van der Waals surface area contributed by atoms with Crippen molar-refractivity contribution in [3.05, 3.63) is 59.8 Å². The number of anilines is 1. The van der Waals surface area contributed by atoms with Crippen molar-refractivity contribution in [3.8, 4) is 0 Å². The van der Waals surface area contributed by atoms with Crippen LogP contribution < -0.4 is 10.5 Å². The Hall–Kier alpha value is -2.73. The predicted octanol–water partition coefficient (Wildman–Crippen LogP) is 3.78. The molecule has 12 heteroatoms. The normalized spacial score (nSPS) is 14.7. The molecule has 0 saturated carbocycles. The van der Waals surface area contributed by atoms with Crippen LogP contribution in [0.2, 0.25) is 0 Å². The zero-order valence-corrected chi connectivity index (χ0v) is 17.0. The summed E-state index contributed by atoms with van der Waals surface area (Å²) in [6.45, 7) is -0.386. The number of fused-ring (bicyclic) bond motifs is 1. The van der Waals surface area contributed by atoms with Gasteiger partial charge in [-0.15, -0.1) is 0 Å². The lowest BCUT2D eigenvalue weighted by Gasteiger charge is -2.34. The van der Waals surface area contributed by atoms with E-state index in [1.54, 1.807) is 0 Å². The van der Waals surface area contributed by atoms with Crippen LogP contribution in [0.15, 0.2) is 48.7 Å². The molecule has 0 aliphatic carbocycles. The van der Waals surface area contributed by atoms with Crippen molar-refractivity contribution < 1.29 is 30.4 Å². The molecule has 0 aliphatic rings. The highest BCUT2D eigenvalue weighted by molar-refractivity contribution is 7.92. The Bertz CT molecular complexity index is 1180. The van der Waals surface area contributed by atoms with E-state index in [0.717, 1.165) is 30.5 Å². The van der Waals surface area contributed by atoms with Crippen LogP contribution in [0.3, 0.4) is 0 Å². The van der Waals surface area contributed by atoms with Crippen LogP contribution >= 0.6 is 0 Å². The van der Waals surface area contributed by atoms with Crippen molar-refractivity contribution >= 4 is 26.6 Å². The van der Waals surface area contributed by atoms with Gasteiger partial charge in [0.1, 0.15) is 5.54 Å². The van der Waals surface area contributed by atoms with Crippen LogP contribution in [0.1, 0.15) is 17.5 Å². The topological polar surface area (TPSA) is 90.0 Å². The van der Waals surface area contributed by atoms with Crippen LogP contribution in [0, 0.1) is 0 Å². The number of rotatable bonds is 7. The Labute approximate surface area is 174 Å². The lowest BCUT2D eigenvalue weighted by Crippen LogP contribution is -2.44. The third-order valence-electron chi connectivity index (χ3n) is 4.89. The molecule has 1 heterocycles. The molecule has 3 aromatic rings. The van der Waals surface area contributed by atoms with Crippen LogP contribution in [0.5, 0.6) is 0 Å². The Morgan fingerprint density at radius 2 is 1.71 bits per heavy atom. The second kappa shape index (κ2) is 8.08. The first-order chi connectivity index (χ1) is 14.4. The van der Waals surface area contributed by atoms with Crippen molar-refractivity contribution in [2.75, 3.05) is 17.5 Å². The number of nitrogens with zero attached hydrogens (tertiary/aromatic N) is 2. The summed E-state index contributed by atoms with van der Waals surface area (Å²) in [4.78, 5) is 0. The molecule has 0 amide bonds. The molecule has 1 atom stereocenters. The largest absolute Gasteiger partial charge is 0.416 e. The fraction of sp³-hybridized carbons (Fsp3) is 0.316. The minimum atomic E-state index is -4.59. The monoisotopic (exact) mass is 462 g/mol.